The van der Waals surface area contributed by atoms with Crippen molar-refractivity contribution in [2.75, 3.05) is 13.1 Å². The van der Waals surface area contributed by atoms with E-state index in [-0.39, 0.29) is 17.9 Å². The third kappa shape index (κ3) is 4.63. The van der Waals surface area contributed by atoms with Gasteiger partial charge in [0.25, 0.3) is 5.91 Å². The third-order valence-corrected chi connectivity index (χ3v) is 7.52. The van der Waals surface area contributed by atoms with Crippen LogP contribution in [0.15, 0.2) is 90.6 Å². The van der Waals surface area contributed by atoms with Crippen LogP contribution in [0.5, 0.6) is 0 Å². The number of para-hydroxylation sites is 1. The zero-order chi connectivity index (χ0) is 25.4. The average Bonchev–Trinajstić information content (AvgIpc) is 3.72. The van der Waals surface area contributed by atoms with Gasteiger partial charge in [-0.05, 0) is 65.8 Å². The molecule has 5 heteroatoms. The van der Waals surface area contributed by atoms with Crippen molar-refractivity contribution in [3.8, 4) is 11.1 Å². The van der Waals surface area contributed by atoms with Gasteiger partial charge in [0.2, 0.25) is 5.91 Å². The Hall–Kier alpha value is -3.96. The molecule has 6 rings (SSSR count). The van der Waals surface area contributed by atoms with Crippen LogP contribution in [0.3, 0.4) is 0 Å². The predicted molar refractivity (Wildman–Crippen MR) is 148 cm³/mol. The Balaban J connectivity index is 1.37. The van der Waals surface area contributed by atoms with E-state index >= 15 is 0 Å². The Morgan fingerprint density at radius 3 is 2.43 bits per heavy atom. The first-order valence-corrected chi connectivity index (χ1v) is 13.1. The number of carbonyl (C=O) groups excluding carboxylic acids is 2. The number of hydrogen-bond donors (Lipinski definition) is 1. The first kappa shape index (κ1) is 23.4. The molecule has 4 aromatic rings. The second kappa shape index (κ2) is 9.83. The van der Waals surface area contributed by atoms with E-state index in [1.807, 2.05) is 41.4 Å². The second-order valence-electron chi connectivity index (χ2n) is 10.1. The van der Waals surface area contributed by atoms with E-state index in [4.69, 9.17) is 0 Å². The van der Waals surface area contributed by atoms with Gasteiger partial charge in [0.1, 0.15) is 0 Å². The average molecular weight is 490 g/mol. The molecule has 1 aliphatic heterocycles. The van der Waals surface area contributed by atoms with E-state index in [2.05, 4.69) is 53.8 Å². The number of hydrogen-bond acceptors (Lipinski definition) is 3. The molecule has 5 nitrogen and oxygen atoms in total. The van der Waals surface area contributed by atoms with E-state index < -0.39 is 0 Å². The highest BCUT2D eigenvalue weighted by molar-refractivity contribution is 6.03. The van der Waals surface area contributed by atoms with Crippen LogP contribution >= 0.6 is 0 Å². The first-order valence-electron chi connectivity index (χ1n) is 13.1. The van der Waals surface area contributed by atoms with Gasteiger partial charge < -0.3 is 10.2 Å². The molecule has 1 aromatic heterocycles. The highest BCUT2D eigenvalue weighted by Crippen LogP contribution is 2.35. The maximum atomic E-state index is 14.2. The van der Waals surface area contributed by atoms with Crippen LogP contribution in [0, 0.1) is 0 Å². The van der Waals surface area contributed by atoms with Gasteiger partial charge in [-0.1, -0.05) is 66.7 Å². The van der Waals surface area contributed by atoms with Crippen molar-refractivity contribution in [3.63, 3.8) is 0 Å². The number of fused-ring (bicyclic) bond motifs is 1. The molecule has 1 aliphatic carbocycles. The van der Waals surface area contributed by atoms with Crippen LogP contribution in [-0.2, 0) is 11.3 Å². The fourth-order valence-corrected chi connectivity index (χ4v) is 5.47. The van der Waals surface area contributed by atoms with Gasteiger partial charge in [0, 0.05) is 43.2 Å². The number of carbonyl (C=O) groups is 2. The Kier molecular flexibility index (Phi) is 6.23. The summed E-state index contributed by atoms with van der Waals surface area (Å²) in [4.78, 5) is 28.5. The van der Waals surface area contributed by atoms with Gasteiger partial charge in [0.05, 0.1) is 5.52 Å². The number of nitrogens with one attached hydrogen (secondary N) is 1. The molecule has 1 N–H and O–H groups in total. The smallest absolute Gasteiger partial charge is 0.251 e. The zero-order valence-electron chi connectivity index (χ0n) is 21.1. The molecule has 0 atom stereocenters. The van der Waals surface area contributed by atoms with Crippen molar-refractivity contribution in [1.82, 2.24) is 14.8 Å². The lowest BCUT2D eigenvalue weighted by Crippen LogP contribution is -2.39. The number of aromatic nitrogens is 1. The number of rotatable bonds is 6. The second-order valence-corrected chi connectivity index (χ2v) is 10.1. The molecule has 1 amide bonds. The Morgan fingerprint density at radius 1 is 0.919 bits per heavy atom. The maximum absolute atomic E-state index is 14.2. The van der Waals surface area contributed by atoms with Gasteiger partial charge in [-0.2, -0.15) is 0 Å². The summed E-state index contributed by atoms with van der Waals surface area (Å²) in [7, 11) is 0. The number of amides is 1. The molecule has 3 aromatic carbocycles. The summed E-state index contributed by atoms with van der Waals surface area (Å²) >= 11 is 0. The normalized spacial score (nSPS) is 15.7. The summed E-state index contributed by atoms with van der Waals surface area (Å²) in [5.41, 5.74) is 7.36. The summed E-state index contributed by atoms with van der Waals surface area (Å²) in [5, 5.41) is 4.46. The highest BCUT2D eigenvalue weighted by atomic mass is 16.2. The van der Waals surface area contributed by atoms with E-state index in [0.717, 1.165) is 64.5 Å². The van der Waals surface area contributed by atoms with Gasteiger partial charge in [0.15, 0.2) is 0 Å². The summed E-state index contributed by atoms with van der Waals surface area (Å²) in [6.07, 6.45) is 4.78. The minimum absolute atomic E-state index is 0.0217. The highest BCUT2D eigenvalue weighted by Gasteiger charge is 2.36. The van der Waals surface area contributed by atoms with Crippen molar-refractivity contribution < 1.29 is 9.59 Å². The van der Waals surface area contributed by atoms with Gasteiger partial charge in [-0.3, -0.25) is 14.2 Å². The number of nitrogens with zero attached hydrogens (tertiary/aromatic N) is 2. The minimum atomic E-state index is -0.0217. The molecule has 1 saturated carbocycles. The molecule has 0 saturated heterocycles. The SMILES string of the molecule is CC(=O)n1cc(CN(C(=O)C2=C(c3cccc(-c4ccccc4)c3)CCNC2)C2CC2)c2ccccc21. The molecule has 0 radical (unpaired) electrons. The van der Waals surface area contributed by atoms with Crippen LogP contribution in [0.4, 0.5) is 0 Å². The predicted octanol–water partition coefficient (Wildman–Crippen LogP) is 5.91. The number of benzene rings is 3. The van der Waals surface area contributed by atoms with Crippen molar-refractivity contribution in [2.45, 2.75) is 38.8 Å². The fraction of sp³-hybridized carbons (Fsp3) is 0.250. The largest absolute Gasteiger partial charge is 0.331 e. The Bertz CT molecular complexity index is 1510. The van der Waals surface area contributed by atoms with Crippen LogP contribution in [0.1, 0.15) is 42.1 Å². The van der Waals surface area contributed by atoms with Crippen molar-refractivity contribution in [2.24, 2.45) is 0 Å². The lowest BCUT2D eigenvalue weighted by molar-refractivity contribution is -0.128. The van der Waals surface area contributed by atoms with Crippen molar-refractivity contribution in [3.05, 3.63) is 102 Å². The molecule has 2 aliphatic rings. The van der Waals surface area contributed by atoms with Crippen LogP contribution < -0.4 is 5.32 Å². The van der Waals surface area contributed by atoms with E-state index in [9.17, 15) is 9.59 Å². The van der Waals surface area contributed by atoms with Crippen LogP contribution in [-0.4, -0.2) is 40.4 Å². The summed E-state index contributed by atoms with van der Waals surface area (Å²) in [5.74, 6) is 0.0843. The monoisotopic (exact) mass is 489 g/mol. The molecular weight excluding hydrogens is 458 g/mol. The quantitative estimate of drug-likeness (QED) is 0.367. The summed E-state index contributed by atoms with van der Waals surface area (Å²) in [6.45, 7) is 3.51. The molecule has 2 heterocycles. The van der Waals surface area contributed by atoms with Crippen molar-refractivity contribution >= 4 is 28.3 Å². The van der Waals surface area contributed by atoms with E-state index in [0.29, 0.717) is 13.1 Å². The fourth-order valence-electron chi connectivity index (χ4n) is 5.47. The minimum Gasteiger partial charge on any atom is -0.331 e. The molecule has 1 fully saturated rings. The standard InChI is InChI=1S/C32H31N3O2/c1-22(36)34-20-26(29-12-5-6-13-31(29)34)21-35(27-14-15-27)32(37)30-19-33-17-16-28(30)25-11-7-10-24(18-25)23-8-3-2-4-9-23/h2-13,18,20,27,33H,14-17,19,21H2,1H3. The van der Waals surface area contributed by atoms with E-state index in [1.165, 1.54) is 5.56 Å². The molecule has 37 heavy (non-hydrogen) atoms. The molecule has 0 unspecified atom stereocenters. The lowest BCUT2D eigenvalue weighted by atomic mass is 9.91. The van der Waals surface area contributed by atoms with Crippen LogP contribution in [0.25, 0.3) is 27.6 Å². The van der Waals surface area contributed by atoms with Crippen molar-refractivity contribution in [1.29, 1.82) is 0 Å². The van der Waals surface area contributed by atoms with Gasteiger partial charge in [-0.25, -0.2) is 0 Å². The molecule has 0 bridgehead atoms. The summed E-state index contributed by atoms with van der Waals surface area (Å²) < 4.78 is 1.70. The molecular formula is C32H31N3O2. The molecule has 0 spiro atoms. The van der Waals surface area contributed by atoms with Crippen LogP contribution in [0.2, 0.25) is 0 Å². The van der Waals surface area contributed by atoms with Gasteiger partial charge >= 0.3 is 0 Å². The van der Waals surface area contributed by atoms with Gasteiger partial charge in [-0.15, -0.1) is 0 Å². The third-order valence-electron chi connectivity index (χ3n) is 7.52. The summed E-state index contributed by atoms with van der Waals surface area (Å²) in [6, 6.07) is 27.1. The first-order chi connectivity index (χ1) is 18.1. The van der Waals surface area contributed by atoms with E-state index in [1.54, 1.807) is 11.5 Å². The topological polar surface area (TPSA) is 54.3 Å². The zero-order valence-corrected chi connectivity index (χ0v) is 21.1. The lowest BCUT2D eigenvalue weighted by Gasteiger charge is -2.28. The molecule has 186 valence electrons. The maximum Gasteiger partial charge on any atom is 0.251 e. The Morgan fingerprint density at radius 2 is 1.65 bits per heavy atom. The Labute approximate surface area is 217 Å².